The summed E-state index contributed by atoms with van der Waals surface area (Å²) >= 11 is 3.42. The van der Waals surface area contributed by atoms with Gasteiger partial charge < -0.3 is 19.0 Å². The van der Waals surface area contributed by atoms with Gasteiger partial charge in [-0.25, -0.2) is 0 Å². The number of aromatic hydroxyl groups is 1. The Morgan fingerprint density at radius 3 is 2.74 bits per heavy atom. The van der Waals surface area contributed by atoms with Crippen LogP contribution < -0.4 is 9.47 Å². The quantitative estimate of drug-likeness (QED) is 0.412. The molecule has 3 rings (SSSR count). The molecule has 1 aromatic heterocycles. The van der Waals surface area contributed by atoms with Crippen molar-refractivity contribution in [3.8, 4) is 17.2 Å². The Hall–Kier alpha value is -2.99. The first-order valence-corrected chi connectivity index (χ1v) is 8.91. The molecule has 0 saturated carbocycles. The Balaban J connectivity index is 1.63. The van der Waals surface area contributed by atoms with E-state index in [-0.39, 0.29) is 23.9 Å². The van der Waals surface area contributed by atoms with Gasteiger partial charge in [0.25, 0.3) is 0 Å². The standard InChI is InChI=1S/C21H17BrO5/c1-25-21-12-14(6-10-19(21)24)18(23)11-9-15-7-8-16(27-15)13-26-20-5-3-2-4-17(20)22/h2-12,24H,13H2,1H3/b11-9+. The van der Waals surface area contributed by atoms with Crippen LogP contribution in [-0.2, 0) is 6.61 Å². The lowest BCUT2D eigenvalue weighted by atomic mass is 10.1. The van der Waals surface area contributed by atoms with Gasteiger partial charge in [0.15, 0.2) is 17.3 Å². The van der Waals surface area contributed by atoms with Crippen LogP contribution in [0.3, 0.4) is 0 Å². The monoisotopic (exact) mass is 428 g/mol. The number of ketones is 1. The number of carbonyl (C=O) groups is 1. The van der Waals surface area contributed by atoms with Crippen molar-refractivity contribution in [2.75, 3.05) is 7.11 Å². The zero-order chi connectivity index (χ0) is 19.2. The normalized spacial score (nSPS) is 10.9. The average molecular weight is 429 g/mol. The minimum Gasteiger partial charge on any atom is -0.504 e. The summed E-state index contributed by atoms with van der Waals surface area (Å²) in [5, 5.41) is 9.59. The molecule has 5 nitrogen and oxygen atoms in total. The number of rotatable bonds is 7. The van der Waals surface area contributed by atoms with Crippen LogP contribution in [0, 0.1) is 0 Å². The predicted octanol–water partition coefficient (Wildman–Crippen LogP) is 5.23. The molecular weight excluding hydrogens is 412 g/mol. The zero-order valence-electron chi connectivity index (χ0n) is 14.5. The summed E-state index contributed by atoms with van der Waals surface area (Å²) in [4.78, 5) is 12.3. The molecule has 3 aromatic rings. The summed E-state index contributed by atoms with van der Waals surface area (Å²) in [6, 6.07) is 15.6. The second kappa shape index (κ2) is 8.60. The molecule has 0 bridgehead atoms. The SMILES string of the molecule is COc1cc(C(=O)/C=C/c2ccc(COc3ccccc3Br)o2)ccc1O. The van der Waals surface area contributed by atoms with E-state index in [9.17, 15) is 9.90 Å². The molecule has 2 aromatic carbocycles. The summed E-state index contributed by atoms with van der Waals surface area (Å²) in [5.41, 5.74) is 0.407. The highest BCUT2D eigenvalue weighted by Gasteiger charge is 2.08. The number of benzene rings is 2. The highest BCUT2D eigenvalue weighted by Crippen LogP contribution is 2.27. The van der Waals surface area contributed by atoms with Crippen molar-refractivity contribution in [2.45, 2.75) is 6.61 Å². The molecule has 0 spiro atoms. The third-order valence-electron chi connectivity index (χ3n) is 3.75. The third-order valence-corrected chi connectivity index (χ3v) is 4.41. The second-order valence-corrected chi connectivity index (χ2v) is 6.46. The molecule has 0 unspecified atom stereocenters. The number of phenolic OH excluding ortho intramolecular Hbond substituents is 1. The Bertz CT molecular complexity index is 974. The molecule has 27 heavy (non-hydrogen) atoms. The van der Waals surface area contributed by atoms with E-state index < -0.39 is 0 Å². The maximum atomic E-state index is 12.3. The Labute approximate surface area is 165 Å². The fourth-order valence-electron chi connectivity index (χ4n) is 2.36. The number of carbonyl (C=O) groups excluding carboxylic acids is 1. The number of hydrogen-bond acceptors (Lipinski definition) is 5. The van der Waals surface area contributed by atoms with Gasteiger partial charge in [-0.05, 0) is 70.5 Å². The first kappa shape index (κ1) is 18.8. The minimum absolute atomic E-state index is 0.0150. The maximum absolute atomic E-state index is 12.3. The van der Waals surface area contributed by atoms with Crippen LogP contribution in [0.2, 0.25) is 0 Å². The van der Waals surface area contributed by atoms with Crippen LogP contribution in [0.1, 0.15) is 21.9 Å². The highest BCUT2D eigenvalue weighted by molar-refractivity contribution is 9.10. The second-order valence-electron chi connectivity index (χ2n) is 5.61. The summed E-state index contributed by atoms with van der Waals surface area (Å²) in [6.45, 7) is 0.277. The van der Waals surface area contributed by atoms with Gasteiger partial charge in [-0.2, -0.15) is 0 Å². The number of allylic oxidation sites excluding steroid dienone is 1. The van der Waals surface area contributed by atoms with Crippen LogP contribution in [0.15, 0.2) is 69.6 Å². The molecule has 0 atom stereocenters. The summed E-state index contributed by atoms with van der Waals surface area (Å²) in [5.74, 6) is 1.92. The Kier molecular flexibility index (Phi) is 5.98. The molecule has 138 valence electrons. The maximum Gasteiger partial charge on any atom is 0.186 e. The fraction of sp³-hybridized carbons (Fsp3) is 0.0952. The van der Waals surface area contributed by atoms with E-state index >= 15 is 0 Å². The summed E-state index contributed by atoms with van der Waals surface area (Å²) in [7, 11) is 1.43. The Morgan fingerprint density at radius 1 is 1.15 bits per heavy atom. The summed E-state index contributed by atoms with van der Waals surface area (Å²) in [6.07, 6.45) is 2.99. The van der Waals surface area contributed by atoms with Gasteiger partial charge in [0.05, 0.1) is 11.6 Å². The number of hydrogen-bond donors (Lipinski definition) is 1. The van der Waals surface area contributed by atoms with E-state index in [1.54, 1.807) is 18.2 Å². The summed E-state index contributed by atoms with van der Waals surface area (Å²) < 4.78 is 17.2. The predicted molar refractivity (Wildman–Crippen MR) is 105 cm³/mol. The van der Waals surface area contributed by atoms with Crippen LogP contribution >= 0.6 is 15.9 Å². The first-order chi connectivity index (χ1) is 13.1. The van der Waals surface area contributed by atoms with Gasteiger partial charge in [-0.15, -0.1) is 0 Å². The van der Waals surface area contributed by atoms with E-state index in [0.717, 1.165) is 10.2 Å². The van der Waals surface area contributed by atoms with Crippen molar-refractivity contribution in [1.82, 2.24) is 0 Å². The molecule has 1 N–H and O–H groups in total. The lowest BCUT2D eigenvalue weighted by molar-refractivity contribution is 0.104. The fourth-order valence-corrected chi connectivity index (χ4v) is 2.76. The first-order valence-electron chi connectivity index (χ1n) is 8.12. The number of para-hydroxylation sites is 1. The zero-order valence-corrected chi connectivity index (χ0v) is 16.1. The van der Waals surface area contributed by atoms with Crippen LogP contribution in [0.25, 0.3) is 6.08 Å². The lowest BCUT2D eigenvalue weighted by Crippen LogP contribution is -1.95. The van der Waals surface area contributed by atoms with E-state index in [4.69, 9.17) is 13.9 Å². The van der Waals surface area contributed by atoms with Crippen LogP contribution in [0.4, 0.5) is 0 Å². The highest BCUT2D eigenvalue weighted by atomic mass is 79.9. The minimum atomic E-state index is -0.226. The van der Waals surface area contributed by atoms with Gasteiger partial charge in [-0.1, -0.05) is 12.1 Å². The number of furan rings is 1. The molecule has 1 heterocycles. The molecule has 0 amide bonds. The molecule has 0 aliphatic carbocycles. The largest absolute Gasteiger partial charge is 0.504 e. The van der Waals surface area contributed by atoms with Gasteiger partial charge in [0, 0.05) is 5.56 Å². The molecule has 0 aliphatic heterocycles. The lowest BCUT2D eigenvalue weighted by Gasteiger charge is -2.05. The van der Waals surface area contributed by atoms with Crippen molar-refractivity contribution >= 4 is 27.8 Å². The third kappa shape index (κ3) is 4.80. The van der Waals surface area contributed by atoms with Gasteiger partial charge in [-0.3, -0.25) is 4.79 Å². The smallest absolute Gasteiger partial charge is 0.186 e. The average Bonchev–Trinajstić information content (AvgIpc) is 3.14. The van der Waals surface area contributed by atoms with Crippen molar-refractivity contribution in [2.24, 2.45) is 0 Å². The van der Waals surface area contributed by atoms with E-state index in [1.165, 1.54) is 31.4 Å². The van der Waals surface area contributed by atoms with Crippen molar-refractivity contribution in [3.05, 3.63) is 82.2 Å². The molecule has 0 aliphatic rings. The number of halogens is 1. The Morgan fingerprint density at radius 2 is 1.96 bits per heavy atom. The number of phenols is 1. The molecule has 0 saturated heterocycles. The van der Waals surface area contributed by atoms with Crippen LogP contribution in [-0.4, -0.2) is 18.0 Å². The van der Waals surface area contributed by atoms with E-state index in [0.29, 0.717) is 17.1 Å². The van der Waals surface area contributed by atoms with Gasteiger partial charge >= 0.3 is 0 Å². The van der Waals surface area contributed by atoms with Crippen LogP contribution in [0.5, 0.6) is 17.2 Å². The molecular formula is C21H17BrO5. The topological polar surface area (TPSA) is 68.9 Å². The molecule has 0 radical (unpaired) electrons. The molecule has 0 fully saturated rings. The van der Waals surface area contributed by atoms with E-state index in [2.05, 4.69) is 15.9 Å². The van der Waals surface area contributed by atoms with Gasteiger partial charge in [0.1, 0.15) is 23.9 Å². The number of methoxy groups -OCH3 is 1. The number of ether oxygens (including phenoxy) is 2. The van der Waals surface area contributed by atoms with Gasteiger partial charge in [0.2, 0.25) is 0 Å². The van der Waals surface area contributed by atoms with Crippen molar-refractivity contribution < 1.29 is 23.8 Å². The van der Waals surface area contributed by atoms with Crippen molar-refractivity contribution in [3.63, 3.8) is 0 Å². The van der Waals surface area contributed by atoms with Crippen molar-refractivity contribution in [1.29, 1.82) is 0 Å². The van der Waals surface area contributed by atoms with E-state index in [1.807, 2.05) is 24.3 Å². The molecule has 6 heteroatoms.